The number of carbonyl (C=O) groups is 2. The molecule has 2 N–H and O–H groups in total. The van der Waals surface area contributed by atoms with Crippen molar-refractivity contribution >= 4 is 12.0 Å². The fraction of sp³-hybridized carbons (Fsp3) is 0.467. The Morgan fingerprint density at radius 1 is 1.25 bits per heavy atom. The first-order valence-electron chi connectivity index (χ1n) is 6.45. The van der Waals surface area contributed by atoms with Crippen LogP contribution in [0.2, 0.25) is 0 Å². The summed E-state index contributed by atoms with van der Waals surface area (Å²) in [5.74, 6) is -0.981. The minimum Gasteiger partial charge on any atom is -0.478 e. The summed E-state index contributed by atoms with van der Waals surface area (Å²) >= 11 is 0. The SMILES string of the molecule is CN(C)C(=O)NCc1ccc(C(C)(C)C)cc1C(=O)O. The molecule has 5 heteroatoms. The molecule has 1 aromatic rings. The Balaban J connectivity index is 3.03. The Hall–Kier alpha value is -2.04. The van der Waals surface area contributed by atoms with E-state index in [0.29, 0.717) is 5.56 Å². The van der Waals surface area contributed by atoms with E-state index >= 15 is 0 Å². The minimum atomic E-state index is -0.981. The van der Waals surface area contributed by atoms with E-state index in [4.69, 9.17) is 0 Å². The van der Waals surface area contributed by atoms with Gasteiger partial charge in [-0.3, -0.25) is 0 Å². The number of carboxylic acid groups (broad SMARTS) is 1. The number of nitrogens with one attached hydrogen (secondary N) is 1. The van der Waals surface area contributed by atoms with Gasteiger partial charge in [0.1, 0.15) is 0 Å². The molecule has 110 valence electrons. The summed E-state index contributed by atoms with van der Waals surface area (Å²) in [7, 11) is 3.27. The molecule has 5 nitrogen and oxygen atoms in total. The second-order valence-corrected chi connectivity index (χ2v) is 5.98. The summed E-state index contributed by atoms with van der Waals surface area (Å²) in [6.45, 7) is 6.29. The number of aromatic carboxylic acids is 1. The van der Waals surface area contributed by atoms with E-state index in [0.717, 1.165) is 5.56 Å². The van der Waals surface area contributed by atoms with Gasteiger partial charge in [0, 0.05) is 20.6 Å². The highest BCUT2D eigenvalue weighted by Crippen LogP contribution is 2.24. The van der Waals surface area contributed by atoms with Crippen molar-refractivity contribution in [3.63, 3.8) is 0 Å². The molecule has 1 aromatic carbocycles. The molecule has 0 saturated heterocycles. The van der Waals surface area contributed by atoms with Crippen LogP contribution >= 0.6 is 0 Å². The number of amides is 2. The summed E-state index contributed by atoms with van der Waals surface area (Å²) in [6, 6.07) is 5.10. The maximum atomic E-state index is 11.5. The summed E-state index contributed by atoms with van der Waals surface area (Å²) < 4.78 is 0. The van der Waals surface area contributed by atoms with Gasteiger partial charge in [-0.2, -0.15) is 0 Å². The van der Waals surface area contributed by atoms with Gasteiger partial charge in [-0.15, -0.1) is 0 Å². The van der Waals surface area contributed by atoms with Gasteiger partial charge in [-0.1, -0.05) is 32.9 Å². The molecule has 0 aliphatic carbocycles. The summed E-state index contributed by atoms with van der Waals surface area (Å²) in [4.78, 5) is 24.3. The van der Waals surface area contributed by atoms with Crippen LogP contribution in [0.1, 0.15) is 42.3 Å². The number of hydrogen-bond donors (Lipinski definition) is 2. The van der Waals surface area contributed by atoms with Crippen molar-refractivity contribution in [3.8, 4) is 0 Å². The Labute approximate surface area is 119 Å². The van der Waals surface area contributed by atoms with E-state index in [1.54, 1.807) is 26.2 Å². The highest BCUT2D eigenvalue weighted by atomic mass is 16.4. The van der Waals surface area contributed by atoms with Crippen molar-refractivity contribution in [2.45, 2.75) is 32.7 Å². The minimum absolute atomic E-state index is 0.115. The highest BCUT2D eigenvalue weighted by molar-refractivity contribution is 5.90. The third kappa shape index (κ3) is 3.98. The smallest absolute Gasteiger partial charge is 0.336 e. The van der Waals surface area contributed by atoms with Crippen LogP contribution in [0.15, 0.2) is 18.2 Å². The third-order valence-corrected chi connectivity index (χ3v) is 3.04. The number of carboxylic acids is 1. The molecule has 1 rings (SSSR count). The van der Waals surface area contributed by atoms with Crippen molar-refractivity contribution in [3.05, 3.63) is 34.9 Å². The Morgan fingerprint density at radius 2 is 1.85 bits per heavy atom. The molecular formula is C15H22N2O3. The molecule has 0 bridgehead atoms. The first-order chi connectivity index (χ1) is 9.12. The molecule has 2 amide bonds. The molecule has 0 radical (unpaired) electrons. The second kappa shape index (κ2) is 5.94. The molecule has 0 fully saturated rings. The lowest BCUT2D eigenvalue weighted by Gasteiger charge is -2.21. The van der Waals surface area contributed by atoms with Gasteiger partial charge in [-0.25, -0.2) is 9.59 Å². The van der Waals surface area contributed by atoms with Gasteiger partial charge in [0.25, 0.3) is 0 Å². The van der Waals surface area contributed by atoms with Crippen LogP contribution in [0.4, 0.5) is 4.79 Å². The quantitative estimate of drug-likeness (QED) is 0.892. The van der Waals surface area contributed by atoms with E-state index in [-0.39, 0.29) is 23.6 Å². The van der Waals surface area contributed by atoms with Gasteiger partial charge < -0.3 is 15.3 Å². The van der Waals surface area contributed by atoms with Gasteiger partial charge in [-0.05, 0) is 22.6 Å². The van der Waals surface area contributed by atoms with Crippen molar-refractivity contribution in [1.82, 2.24) is 10.2 Å². The summed E-state index contributed by atoms with van der Waals surface area (Å²) in [6.07, 6.45) is 0. The topological polar surface area (TPSA) is 69.6 Å². The molecule has 0 spiro atoms. The second-order valence-electron chi connectivity index (χ2n) is 5.98. The van der Waals surface area contributed by atoms with E-state index in [9.17, 15) is 14.7 Å². The van der Waals surface area contributed by atoms with Crippen LogP contribution < -0.4 is 5.32 Å². The van der Waals surface area contributed by atoms with Crippen LogP contribution in [-0.2, 0) is 12.0 Å². The van der Waals surface area contributed by atoms with Gasteiger partial charge in [0.15, 0.2) is 0 Å². The maximum Gasteiger partial charge on any atom is 0.336 e. The first kappa shape index (κ1) is 16.0. The predicted octanol–water partition coefficient (Wildman–Crippen LogP) is 2.45. The van der Waals surface area contributed by atoms with E-state index < -0.39 is 5.97 Å². The predicted molar refractivity (Wildman–Crippen MR) is 78.0 cm³/mol. The molecule has 0 saturated carbocycles. The molecule has 20 heavy (non-hydrogen) atoms. The van der Waals surface area contributed by atoms with Crippen molar-refractivity contribution in [1.29, 1.82) is 0 Å². The number of urea groups is 1. The molecule has 0 heterocycles. The zero-order valence-corrected chi connectivity index (χ0v) is 12.7. The lowest BCUT2D eigenvalue weighted by Crippen LogP contribution is -2.34. The average Bonchev–Trinajstić information content (AvgIpc) is 2.34. The summed E-state index contributed by atoms with van der Waals surface area (Å²) in [5, 5.41) is 12.0. The monoisotopic (exact) mass is 278 g/mol. The van der Waals surface area contributed by atoms with Crippen LogP contribution in [-0.4, -0.2) is 36.1 Å². The number of hydrogen-bond acceptors (Lipinski definition) is 2. The van der Waals surface area contributed by atoms with E-state index in [1.807, 2.05) is 26.8 Å². The molecular weight excluding hydrogens is 256 g/mol. The van der Waals surface area contributed by atoms with E-state index in [2.05, 4.69) is 5.32 Å². The highest BCUT2D eigenvalue weighted by Gasteiger charge is 2.18. The lowest BCUT2D eigenvalue weighted by molar-refractivity contribution is 0.0695. The van der Waals surface area contributed by atoms with Crippen LogP contribution in [0, 0.1) is 0 Å². The van der Waals surface area contributed by atoms with Crippen molar-refractivity contribution in [2.24, 2.45) is 0 Å². The standard InChI is InChI=1S/C15H22N2O3/c1-15(2,3)11-7-6-10(12(8-11)13(18)19)9-16-14(20)17(4)5/h6-8H,9H2,1-5H3,(H,16,20)(H,18,19). The average molecular weight is 278 g/mol. The Bertz CT molecular complexity index is 516. The lowest BCUT2D eigenvalue weighted by atomic mass is 9.85. The zero-order chi connectivity index (χ0) is 15.5. The number of carbonyl (C=O) groups excluding carboxylic acids is 1. The third-order valence-electron chi connectivity index (χ3n) is 3.04. The van der Waals surface area contributed by atoms with Crippen molar-refractivity contribution in [2.75, 3.05) is 14.1 Å². The van der Waals surface area contributed by atoms with E-state index in [1.165, 1.54) is 4.90 Å². The number of nitrogens with zero attached hydrogens (tertiary/aromatic N) is 1. The van der Waals surface area contributed by atoms with Gasteiger partial charge in [0.2, 0.25) is 0 Å². The van der Waals surface area contributed by atoms with Crippen LogP contribution in [0.3, 0.4) is 0 Å². The molecule has 0 aliphatic rings. The number of benzene rings is 1. The molecule has 0 aromatic heterocycles. The molecule has 0 atom stereocenters. The number of rotatable bonds is 3. The maximum absolute atomic E-state index is 11.5. The van der Waals surface area contributed by atoms with Crippen LogP contribution in [0.25, 0.3) is 0 Å². The molecule has 0 unspecified atom stereocenters. The van der Waals surface area contributed by atoms with Crippen LogP contribution in [0.5, 0.6) is 0 Å². The Morgan fingerprint density at radius 3 is 2.30 bits per heavy atom. The normalized spacial score (nSPS) is 11.1. The van der Waals surface area contributed by atoms with Gasteiger partial charge >= 0.3 is 12.0 Å². The largest absolute Gasteiger partial charge is 0.478 e. The fourth-order valence-electron chi connectivity index (χ4n) is 1.73. The molecule has 0 aliphatic heterocycles. The fourth-order valence-corrected chi connectivity index (χ4v) is 1.73. The summed E-state index contributed by atoms with van der Waals surface area (Å²) in [5.41, 5.74) is 1.67. The van der Waals surface area contributed by atoms with Crippen molar-refractivity contribution < 1.29 is 14.7 Å². The van der Waals surface area contributed by atoms with Gasteiger partial charge in [0.05, 0.1) is 5.56 Å². The zero-order valence-electron chi connectivity index (χ0n) is 12.7. The first-order valence-corrected chi connectivity index (χ1v) is 6.45. The Kier molecular flexibility index (Phi) is 4.76.